The average molecular weight is 338 g/mol. The highest BCUT2D eigenvalue weighted by Gasteiger charge is 2.21. The van der Waals surface area contributed by atoms with Crippen molar-refractivity contribution in [2.45, 2.75) is 13.8 Å². The van der Waals surface area contributed by atoms with E-state index in [0.717, 1.165) is 38.3 Å². The third-order valence-electron chi connectivity index (χ3n) is 4.23. The standard InChI is InChI=1S/C16H24FN5S/c1-4-21-7-9-22(10-8-21)15-6-5-13(11-14(15)17)12(2)19-20-16(23)18-3/h5-6,11H,4,7-10H2,1-3H3,(H2,18,20,23)/p+1/b19-12-. The van der Waals surface area contributed by atoms with E-state index in [-0.39, 0.29) is 5.82 Å². The number of anilines is 1. The summed E-state index contributed by atoms with van der Waals surface area (Å²) < 4.78 is 14.5. The number of hydrogen-bond donors (Lipinski definition) is 3. The highest BCUT2D eigenvalue weighted by atomic mass is 32.1. The molecule has 0 unspecified atom stereocenters. The molecule has 23 heavy (non-hydrogen) atoms. The first-order valence-corrected chi connectivity index (χ1v) is 8.36. The minimum Gasteiger partial charge on any atom is -0.364 e. The number of nitrogens with one attached hydrogen (secondary N) is 3. The smallest absolute Gasteiger partial charge is 0.186 e. The Labute approximate surface area is 142 Å². The van der Waals surface area contributed by atoms with Gasteiger partial charge < -0.3 is 15.1 Å². The first-order chi connectivity index (χ1) is 11.0. The zero-order valence-corrected chi connectivity index (χ0v) is 14.8. The number of nitrogens with zero attached hydrogens (tertiary/aromatic N) is 2. The number of likely N-dealkylation sites (N-methyl/N-ethyl adjacent to an activating group) is 1. The lowest BCUT2D eigenvalue weighted by Crippen LogP contribution is -3.14. The number of piperazine rings is 1. The number of halogens is 1. The van der Waals surface area contributed by atoms with Crippen LogP contribution in [0.3, 0.4) is 0 Å². The maximum Gasteiger partial charge on any atom is 0.186 e. The molecule has 1 saturated heterocycles. The number of hydrazone groups is 1. The molecule has 2 rings (SSSR count). The van der Waals surface area contributed by atoms with Crippen LogP contribution in [0.25, 0.3) is 0 Å². The molecule has 5 nitrogen and oxygen atoms in total. The van der Waals surface area contributed by atoms with Gasteiger partial charge in [0.2, 0.25) is 0 Å². The van der Waals surface area contributed by atoms with E-state index in [4.69, 9.17) is 12.2 Å². The van der Waals surface area contributed by atoms with Gasteiger partial charge in [0.1, 0.15) is 5.82 Å². The zero-order chi connectivity index (χ0) is 16.8. The molecule has 0 aromatic heterocycles. The van der Waals surface area contributed by atoms with Crippen molar-refractivity contribution in [2.75, 3.05) is 44.7 Å². The van der Waals surface area contributed by atoms with E-state index >= 15 is 0 Å². The molecule has 0 aliphatic carbocycles. The van der Waals surface area contributed by atoms with Crippen molar-refractivity contribution in [3.63, 3.8) is 0 Å². The van der Waals surface area contributed by atoms with Gasteiger partial charge in [-0.1, -0.05) is 6.07 Å². The van der Waals surface area contributed by atoms with E-state index in [1.54, 1.807) is 11.9 Å². The van der Waals surface area contributed by atoms with Gasteiger partial charge in [0.15, 0.2) is 5.11 Å². The fourth-order valence-corrected chi connectivity index (χ4v) is 2.71. The maximum atomic E-state index is 14.5. The second-order valence-electron chi connectivity index (χ2n) is 5.64. The Hall–Kier alpha value is -1.73. The molecule has 0 saturated carbocycles. The minimum atomic E-state index is -0.201. The molecule has 0 atom stereocenters. The molecule has 0 radical (unpaired) electrons. The summed E-state index contributed by atoms with van der Waals surface area (Å²) in [6.45, 7) is 9.05. The predicted octanol–water partition coefficient (Wildman–Crippen LogP) is 0.368. The SMILES string of the molecule is CC[NH+]1CCN(c2ccc(/C(C)=N\NC(=S)NC)cc2F)CC1. The summed E-state index contributed by atoms with van der Waals surface area (Å²) in [6, 6.07) is 5.29. The van der Waals surface area contributed by atoms with Crippen LogP contribution in [0.15, 0.2) is 23.3 Å². The lowest BCUT2D eigenvalue weighted by atomic mass is 10.1. The molecule has 0 spiro atoms. The summed E-state index contributed by atoms with van der Waals surface area (Å²) in [6.07, 6.45) is 0. The highest BCUT2D eigenvalue weighted by Crippen LogP contribution is 2.21. The van der Waals surface area contributed by atoms with E-state index in [1.807, 2.05) is 19.1 Å². The monoisotopic (exact) mass is 338 g/mol. The Balaban J connectivity index is 2.07. The van der Waals surface area contributed by atoms with Crippen molar-refractivity contribution < 1.29 is 9.29 Å². The van der Waals surface area contributed by atoms with Gasteiger partial charge in [-0.3, -0.25) is 5.43 Å². The Morgan fingerprint density at radius 2 is 2.09 bits per heavy atom. The number of rotatable bonds is 4. The van der Waals surface area contributed by atoms with Gasteiger partial charge in [-0.15, -0.1) is 0 Å². The molecule has 1 heterocycles. The largest absolute Gasteiger partial charge is 0.364 e. The van der Waals surface area contributed by atoms with Crippen LogP contribution in [0.4, 0.5) is 10.1 Å². The lowest BCUT2D eigenvalue weighted by Gasteiger charge is -2.33. The van der Waals surface area contributed by atoms with Gasteiger partial charge in [-0.2, -0.15) is 5.10 Å². The first kappa shape index (κ1) is 17.6. The maximum absolute atomic E-state index is 14.5. The fraction of sp³-hybridized carbons (Fsp3) is 0.500. The molecule has 0 amide bonds. The van der Waals surface area contributed by atoms with E-state index in [1.165, 1.54) is 6.07 Å². The normalized spacial score (nSPS) is 16.3. The average Bonchev–Trinajstić information content (AvgIpc) is 2.59. The van der Waals surface area contributed by atoms with Gasteiger partial charge in [-0.05, 0) is 38.2 Å². The molecular weight excluding hydrogens is 313 g/mol. The molecule has 0 bridgehead atoms. The summed E-state index contributed by atoms with van der Waals surface area (Å²) in [5, 5.41) is 7.35. The van der Waals surface area contributed by atoms with Crippen molar-refractivity contribution in [2.24, 2.45) is 5.10 Å². The second kappa shape index (κ2) is 8.21. The van der Waals surface area contributed by atoms with Crippen LogP contribution in [0.1, 0.15) is 19.4 Å². The summed E-state index contributed by atoms with van der Waals surface area (Å²) in [5.41, 5.74) is 4.82. The zero-order valence-electron chi connectivity index (χ0n) is 13.9. The van der Waals surface area contributed by atoms with Gasteiger partial charge in [-0.25, -0.2) is 4.39 Å². The van der Waals surface area contributed by atoms with Crippen LogP contribution >= 0.6 is 12.2 Å². The Bertz CT molecular complexity index is 582. The van der Waals surface area contributed by atoms with E-state index < -0.39 is 0 Å². The summed E-state index contributed by atoms with van der Waals surface area (Å²) in [7, 11) is 1.72. The van der Waals surface area contributed by atoms with Gasteiger partial charge >= 0.3 is 0 Å². The third-order valence-corrected chi connectivity index (χ3v) is 4.52. The number of quaternary nitrogens is 1. The van der Waals surface area contributed by atoms with Gasteiger partial charge in [0.05, 0.1) is 44.1 Å². The third kappa shape index (κ3) is 4.62. The van der Waals surface area contributed by atoms with Gasteiger partial charge in [0.25, 0.3) is 0 Å². The Morgan fingerprint density at radius 3 is 2.65 bits per heavy atom. The van der Waals surface area contributed by atoms with Crippen LogP contribution in [0.5, 0.6) is 0 Å². The molecule has 1 aliphatic heterocycles. The topological polar surface area (TPSA) is 44.1 Å². The van der Waals surface area contributed by atoms with Crippen molar-refractivity contribution in [1.29, 1.82) is 0 Å². The van der Waals surface area contributed by atoms with Crippen LogP contribution < -0.4 is 20.5 Å². The summed E-state index contributed by atoms with van der Waals surface area (Å²) >= 11 is 4.96. The van der Waals surface area contributed by atoms with E-state index in [0.29, 0.717) is 16.5 Å². The van der Waals surface area contributed by atoms with Crippen LogP contribution in [-0.2, 0) is 0 Å². The molecule has 1 aromatic rings. The number of benzene rings is 1. The van der Waals surface area contributed by atoms with Crippen molar-refractivity contribution in [3.8, 4) is 0 Å². The van der Waals surface area contributed by atoms with Crippen LogP contribution in [0.2, 0.25) is 0 Å². The molecular formula is C16H25FN5S+. The minimum absolute atomic E-state index is 0.201. The molecule has 3 N–H and O–H groups in total. The fourth-order valence-electron chi connectivity index (χ4n) is 2.66. The second-order valence-corrected chi connectivity index (χ2v) is 6.05. The van der Waals surface area contributed by atoms with Crippen molar-refractivity contribution in [3.05, 3.63) is 29.6 Å². The van der Waals surface area contributed by atoms with Gasteiger partial charge in [0, 0.05) is 12.6 Å². The molecule has 1 aromatic carbocycles. The number of hydrogen-bond acceptors (Lipinski definition) is 3. The van der Waals surface area contributed by atoms with Crippen molar-refractivity contribution >= 4 is 28.7 Å². The van der Waals surface area contributed by atoms with Crippen LogP contribution in [0, 0.1) is 5.82 Å². The Kier molecular flexibility index (Phi) is 6.29. The van der Waals surface area contributed by atoms with Crippen molar-refractivity contribution in [1.82, 2.24) is 10.7 Å². The number of thiocarbonyl (C=S) groups is 1. The first-order valence-electron chi connectivity index (χ1n) is 7.95. The van der Waals surface area contributed by atoms with E-state index in [9.17, 15) is 4.39 Å². The predicted molar refractivity (Wildman–Crippen MR) is 96.9 cm³/mol. The summed E-state index contributed by atoms with van der Waals surface area (Å²) in [5.74, 6) is -0.201. The summed E-state index contributed by atoms with van der Waals surface area (Å²) in [4.78, 5) is 3.70. The molecule has 1 fully saturated rings. The highest BCUT2D eigenvalue weighted by molar-refractivity contribution is 7.80. The quantitative estimate of drug-likeness (QED) is 0.422. The van der Waals surface area contributed by atoms with E-state index in [2.05, 4.69) is 27.7 Å². The Morgan fingerprint density at radius 1 is 1.39 bits per heavy atom. The molecule has 7 heteroatoms. The van der Waals surface area contributed by atoms with Crippen LogP contribution in [-0.4, -0.2) is 50.6 Å². The molecule has 1 aliphatic rings. The lowest BCUT2D eigenvalue weighted by molar-refractivity contribution is -0.898. The molecule has 126 valence electrons.